The lowest BCUT2D eigenvalue weighted by molar-refractivity contribution is -0.127. The first-order chi connectivity index (χ1) is 10.1. The molecular weight excluding hydrogens is 332 g/mol. The first-order valence-corrected chi connectivity index (χ1v) is 7.24. The van der Waals surface area contributed by atoms with E-state index in [0.29, 0.717) is 5.75 Å². The highest BCUT2D eigenvalue weighted by Crippen LogP contribution is 2.17. The lowest BCUT2D eigenvalue weighted by Crippen LogP contribution is -2.33. The van der Waals surface area contributed by atoms with Crippen LogP contribution >= 0.6 is 15.9 Å². The van der Waals surface area contributed by atoms with Gasteiger partial charge in [-0.2, -0.15) is 5.10 Å². The second kappa shape index (κ2) is 7.59. The van der Waals surface area contributed by atoms with E-state index in [4.69, 9.17) is 4.74 Å². The minimum Gasteiger partial charge on any atom is -0.481 e. The third-order valence-corrected chi connectivity index (χ3v) is 3.21. The number of ether oxygens (including phenoxy) is 1. The first-order valence-electron chi connectivity index (χ1n) is 6.45. The topological polar surface area (TPSA) is 50.7 Å². The zero-order chi connectivity index (χ0) is 15.1. The number of carbonyl (C=O) groups excluding carboxylic acids is 1. The van der Waals surface area contributed by atoms with Crippen molar-refractivity contribution in [2.75, 3.05) is 0 Å². The normalized spacial score (nSPS) is 12.1. The maximum atomic E-state index is 11.8. The molecule has 0 radical (unpaired) electrons. The fraction of sp³-hybridized carbons (Fsp3) is 0.125. The molecule has 0 fully saturated rings. The Hall–Kier alpha value is -2.14. The van der Waals surface area contributed by atoms with Gasteiger partial charge in [-0.25, -0.2) is 5.43 Å². The number of nitrogens with zero attached hydrogens (tertiary/aromatic N) is 1. The predicted octanol–water partition coefficient (Wildman–Crippen LogP) is 3.37. The molecule has 0 saturated heterocycles. The summed E-state index contributed by atoms with van der Waals surface area (Å²) in [6.45, 7) is 1.68. The summed E-state index contributed by atoms with van der Waals surface area (Å²) < 4.78 is 6.48. The fourth-order valence-electron chi connectivity index (χ4n) is 1.57. The van der Waals surface area contributed by atoms with Crippen LogP contribution in [0.15, 0.2) is 64.2 Å². The van der Waals surface area contributed by atoms with E-state index in [1.54, 1.807) is 25.3 Å². The van der Waals surface area contributed by atoms with E-state index in [2.05, 4.69) is 26.5 Å². The smallest absolute Gasteiger partial charge is 0.280 e. The van der Waals surface area contributed by atoms with Crippen molar-refractivity contribution in [3.05, 3.63) is 64.6 Å². The summed E-state index contributed by atoms with van der Waals surface area (Å²) in [5.74, 6) is 0.331. The molecule has 1 amide bonds. The van der Waals surface area contributed by atoms with Crippen LogP contribution in [0.25, 0.3) is 0 Å². The number of nitrogens with one attached hydrogen (secondary N) is 1. The van der Waals surface area contributed by atoms with E-state index >= 15 is 0 Å². The maximum Gasteiger partial charge on any atom is 0.280 e. The van der Waals surface area contributed by atoms with Crippen molar-refractivity contribution in [1.29, 1.82) is 0 Å². The monoisotopic (exact) mass is 346 g/mol. The first kappa shape index (κ1) is 15.3. The van der Waals surface area contributed by atoms with Gasteiger partial charge in [0.15, 0.2) is 6.10 Å². The Balaban J connectivity index is 1.85. The molecule has 0 aliphatic carbocycles. The number of hydrazone groups is 1. The quantitative estimate of drug-likeness (QED) is 0.666. The molecule has 21 heavy (non-hydrogen) atoms. The average Bonchev–Trinajstić information content (AvgIpc) is 2.50. The Morgan fingerprint density at radius 3 is 2.52 bits per heavy atom. The van der Waals surface area contributed by atoms with Gasteiger partial charge >= 0.3 is 0 Å². The Kier molecular flexibility index (Phi) is 5.51. The lowest BCUT2D eigenvalue weighted by atomic mass is 10.2. The summed E-state index contributed by atoms with van der Waals surface area (Å²) in [5, 5.41) is 3.91. The molecule has 108 valence electrons. The van der Waals surface area contributed by atoms with Crippen molar-refractivity contribution in [1.82, 2.24) is 5.43 Å². The Morgan fingerprint density at radius 2 is 1.86 bits per heavy atom. The minimum absolute atomic E-state index is 0.301. The molecule has 0 bridgehead atoms. The second-order valence-corrected chi connectivity index (χ2v) is 5.27. The molecular formula is C16H15BrN2O2. The second-order valence-electron chi connectivity index (χ2n) is 4.36. The number of hydrogen-bond acceptors (Lipinski definition) is 3. The van der Waals surface area contributed by atoms with Crippen molar-refractivity contribution < 1.29 is 9.53 Å². The predicted molar refractivity (Wildman–Crippen MR) is 86.4 cm³/mol. The fourth-order valence-corrected chi connectivity index (χ4v) is 1.84. The van der Waals surface area contributed by atoms with Gasteiger partial charge in [0, 0.05) is 4.47 Å². The average molecular weight is 347 g/mol. The number of rotatable bonds is 5. The van der Waals surface area contributed by atoms with Gasteiger partial charge < -0.3 is 4.74 Å². The number of hydrogen-bond donors (Lipinski definition) is 1. The molecule has 1 N–H and O–H groups in total. The molecule has 0 saturated carbocycles. The van der Waals surface area contributed by atoms with E-state index in [0.717, 1.165) is 10.0 Å². The van der Waals surface area contributed by atoms with Gasteiger partial charge in [-0.15, -0.1) is 0 Å². The van der Waals surface area contributed by atoms with Crippen LogP contribution in [-0.2, 0) is 4.79 Å². The Labute approximate surface area is 132 Å². The maximum absolute atomic E-state index is 11.8. The zero-order valence-corrected chi connectivity index (χ0v) is 13.1. The summed E-state index contributed by atoms with van der Waals surface area (Å²) in [4.78, 5) is 11.8. The molecule has 0 aromatic heterocycles. The van der Waals surface area contributed by atoms with Gasteiger partial charge in [0.2, 0.25) is 0 Å². The highest BCUT2D eigenvalue weighted by Gasteiger charge is 2.13. The molecule has 2 aromatic carbocycles. The SMILES string of the molecule is C[C@H](Oc1ccc(Br)cc1)C(=O)N/N=C\c1ccccc1. The van der Waals surface area contributed by atoms with Gasteiger partial charge in [0.1, 0.15) is 5.75 Å². The molecule has 0 aliphatic rings. The van der Waals surface area contributed by atoms with E-state index in [-0.39, 0.29) is 5.91 Å². The zero-order valence-electron chi connectivity index (χ0n) is 11.5. The summed E-state index contributed by atoms with van der Waals surface area (Å²) in [6, 6.07) is 16.8. The van der Waals surface area contributed by atoms with Gasteiger partial charge in [-0.3, -0.25) is 4.79 Å². The van der Waals surface area contributed by atoms with Crippen LogP contribution in [-0.4, -0.2) is 18.2 Å². The van der Waals surface area contributed by atoms with Crippen LogP contribution in [0.2, 0.25) is 0 Å². The largest absolute Gasteiger partial charge is 0.481 e. The van der Waals surface area contributed by atoms with Gasteiger partial charge in [-0.05, 0) is 36.8 Å². The minimum atomic E-state index is -0.626. The van der Waals surface area contributed by atoms with E-state index in [1.807, 2.05) is 42.5 Å². The van der Waals surface area contributed by atoms with E-state index in [9.17, 15) is 4.79 Å². The molecule has 0 heterocycles. The van der Waals surface area contributed by atoms with Crippen molar-refractivity contribution in [3.8, 4) is 5.75 Å². The number of amides is 1. The van der Waals surface area contributed by atoms with E-state index < -0.39 is 6.10 Å². The molecule has 0 unspecified atom stereocenters. The molecule has 0 aliphatic heterocycles. The third-order valence-electron chi connectivity index (χ3n) is 2.68. The summed E-state index contributed by atoms with van der Waals surface area (Å²) in [5.41, 5.74) is 3.37. The highest BCUT2D eigenvalue weighted by molar-refractivity contribution is 9.10. The Morgan fingerprint density at radius 1 is 1.19 bits per heavy atom. The number of benzene rings is 2. The molecule has 4 nitrogen and oxygen atoms in total. The van der Waals surface area contributed by atoms with Crippen LogP contribution in [0.4, 0.5) is 0 Å². The molecule has 1 atom stereocenters. The van der Waals surface area contributed by atoms with Crippen LogP contribution in [0, 0.1) is 0 Å². The number of carbonyl (C=O) groups is 1. The van der Waals surface area contributed by atoms with Crippen molar-refractivity contribution in [2.24, 2.45) is 5.10 Å². The van der Waals surface area contributed by atoms with Gasteiger partial charge in [-0.1, -0.05) is 46.3 Å². The van der Waals surface area contributed by atoms with Gasteiger partial charge in [0.25, 0.3) is 5.91 Å². The van der Waals surface area contributed by atoms with Gasteiger partial charge in [0.05, 0.1) is 6.21 Å². The van der Waals surface area contributed by atoms with Crippen LogP contribution in [0.1, 0.15) is 12.5 Å². The third kappa shape index (κ3) is 5.04. The van der Waals surface area contributed by atoms with Crippen LogP contribution in [0.5, 0.6) is 5.75 Å². The van der Waals surface area contributed by atoms with E-state index in [1.165, 1.54) is 0 Å². The number of halogens is 1. The highest BCUT2D eigenvalue weighted by atomic mass is 79.9. The van der Waals surface area contributed by atoms with Crippen LogP contribution in [0.3, 0.4) is 0 Å². The van der Waals surface area contributed by atoms with Crippen molar-refractivity contribution in [3.63, 3.8) is 0 Å². The van der Waals surface area contributed by atoms with Crippen molar-refractivity contribution >= 4 is 28.1 Å². The van der Waals surface area contributed by atoms with Crippen molar-refractivity contribution in [2.45, 2.75) is 13.0 Å². The lowest BCUT2D eigenvalue weighted by Gasteiger charge is -2.12. The summed E-state index contributed by atoms with van der Waals surface area (Å²) >= 11 is 3.34. The molecule has 0 spiro atoms. The van der Waals surface area contributed by atoms with Crippen LogP contribution < -0.4 is 10.2 Å². The molecule has 5 heteroatoms. The summed E-state index contributed by atoms with van der Waals surface area (Å²) in [7, 11) is 0. The molecule has 2 rings (SSSR count). The summed E-state index contributed by atoms with van der Waals surface area (Å²) in [6.07, 6.45) is 0.962. The standard InChI is InChI=1S/C16H15BrN2O2/c1-12(21-15-9-7-14(17)8-10-15)16(20)19-18-11-13-5-3-2-4-6-13/h2-12H,1H3,(H,19,20)/b18-11-/t12-/m0/s1. The molecule has 2 aromatic rings. The Bertz CT molecular complexity index is 612.